The van der Waals surface area contributed by atoms with Gasteiger partial charge >= 0.3 is 0 Å². The molecule has 1 aromatic heterocycles. The largest absolute Gasteiger partial charge is 0.496 e. The minimum atomic E-state index is 0.545. The van der Waals surface area contributed by atoms with Gasteiger partial charge in [0.05, 0.1) is 12.8 Å². The van der Waals surface area contributed by atoms with Gasteiger partial charge in [0.2, 0.25) is 0 Å². The van der Waals surface area contributed by atoms with E-state index in [-0.39, 0.29) is 0 Å². The zero-order valence-electron chi connectivity index (χ0n) is 10.8. The number of hydrogen-bond acceptors (Lipinski definition) is 5. The number of nitrogen functional groups attached to an aromatic ring is 1. The van der Waals surface area contributed by atoms with Crippen LogP contribution in [-0.2, 0) is 7.05 Å². The van der Waals surface area contributed by atoms with Crippen LogP contribution in [0.2, 0.25) is 0 Å². The Balaban J connectivity index is 2.13. The fraction of sp³-hybridized carbons (Fsp3) is 0.308. The molecule has 2 aromatic rings. The van der Waals surface area contributed by atoms with E-state index in [2.05, 4.69) is 5.10 Å². The highest BCUT2D eigenvalue weighted by atomic mass is 16.6. The first-order chi connectivity index (χ1) is 9.19. The highest BCUT2D eigenvalue weighted by molar-refractivity contribution is 5.73. The molecule has 6 nitrogen and oxygen atoms in total. The van der Waals surface area contributed by atoms with Crippen molar-refractivity contribution < 1.29 is 14.2 Å². The van der Waals surface area contributed by atoms with Gasteiger partial charge in [0.15, 0.2) is 11.5 Å². The zero-order valence-corrected chi connectivity index (χ0v) is 10.8. The minimum Gasteiger partial charge on any atom is -0.496 e. The molecule has 0 aliphatic carbocycles. The number of nitrogens with two attached hydrogens (primary N) is 1. The molecule has 100 valence electrons. The number of aryl methyl sites for hydroxylation is 1. The van der Waals surface area contributed by atoms with Crippen molar-refractivity contribution in [3.8, 4) is 28.5 Å². The highest BCUT2D eigenvalue weighted by Gasteiger charge is 2.19. The lowest BCUT2D eigenvalue weighted by Gasteiger charge is -2.20. The second kappa shape index (κ2) is 4.38. The van der Waals surface area contributed by atoms with Gasteiger partial charge in [-0.1, -0.05) is 0 Å². The number of benzene rings is 1. The molecule has 0 atom stereocenters. The number of fused-ring (bicyclic) bond motifs is 1. The summed E-state index contributed by atoms with van der Waals surface area (Å²) in [5.41, 5.74) is 7.39. The molecule has 0 amide bonds. The first-order valence-electron chi connectivity index (χ1n) is 5.96. The Morgan fingerprint density at radius 2 is 1.89 bits per heavy atom. The van der Waals surface area contributed by atoms with Crippen molar-refractivity contribution in [2.45, 2.75) is 0 Å². The third-order valence-electron chi connectivity index (χ3n) is 3.06. The summed E-state index contributed by atoms with van der Waals surface area (Å²) in [5, 5.41) is 4.35. The monoisotopic (exact) mass is 261 g/mol. The fourth-order valence-electron chi connectivity index (χ4n) is 2.05. The number of methoxy groups -OCH3 is 1. The summed E-state index contributed by atoms with van der Waals surface area (Å²) in [5.74, 6) is 2.66. The van der Waals surface area contributed by atoms with Crippen molar-refractivity contribution in [2.75, 3.05) is 26.1 Å². The van der Waals surface area contributed by atoms with E-state index >= 15 is 0 Å². The average molecular weight is 261 g/mol. The third kappa shape index (κ3) is 1.95. The van der Waals surface area contributed by atoms with E-state index in [1.54, 1.807) is 24.9 Å². The SMILES string of the molecule is COc1cc2c(cc1-c1cc(N)n(C)n1)OCCO2. The van der Waals surface area contributed by atoms with E-state index in [4.69, 9.17) is 19.9 Å². The molecule has 0 bridgehead atoms. The van der Waals surface area contributed by atoms with Gasteiger partial charge in [-0.3, -0.25) is 4.68 Å². The summed E-state index contributed by atoms with van der Waals surface area (Å²) >= 11 is 0. The number of rotatable bonds is 2. The smallest absolute Gasteiger partial charge is 0.165 e. The number of hydrogen-bond donors (Lipinski definition) is 1. The van der Waals surface area contributed by atoms with Gasteiger partial charge in [-0.25, -0.2) is 0 Å². The normalized spacial score (nSPS) is 13.4. The molecule has 19 heavy (non-hydrogen) atoms. The van der Waals surface area contributed by atoms with E-state index in [9.17, 15) is 0 Å². The number of ether oxygens (including phenoxy) is 3. The summed E-state index contributed by atoms with van der Waals surface area (Å²) in [4.78, 5) is 0. The maximum absolute atomic E-state index is 5.81. The van der Waals surface area contributed by atoms with Crippen molar-refractivity contribution in [1.82, 2.24) is 9.78 Å². The molecule has 1 aliphatic rings. The van der Waals surface area contributed by atoms with E-state index in [0.29, 0.717) is 36.3 Å². The maximum atomic E-state index is 5.81. The summed E-state index contributed by atoms with van der Waals surface area (Å²) < 4.78 is 18.1. The van der Waals surface area contributed by atoms with Gasteiger partial charge in [-0.05, 0) is 6.07 Å². The Bertz CT molecular complexity index is 602. The van der Waals surface area contributed by atoms with Crippen molar-refractivity contribution in [3.05, 3.63) is 18.2 Å². The lowest BCUT2D eigenvalue weighted by molar-refractivity contribution is 0.171. The van der Waals surface area contributed by atoms with Crippen molar-refractivity contribution in [1.29, 1.82) is 0 Å². The Hall–Kier alpha value is -2.37. The Labute approximate surface area is 110 Å². The van der Waals surface area contributed by atoms with Crippen LogP contribution in [0.4, 0.5) is 5.82 Å². The molecule has 0 unspecified atom stereocenters. The van der Waals surface area contributed by atoms with E-state index in [1.807, 2.05) is 12.1 Å². The van der Waals surface area contributed by atoms with Crippen LogP contribution in [-0.4, -0.2) is 30.1 Å². The predicted molar refractivity (Wildman–Crippen MR) is 70.6 cm³/mol. The average Bonchev–Trinajstić information content (AvgIpc) is 2.77. The molecule has 0 saturated carbocycles. The summed E-state index contributed by atoms with van der Waals surface area (Å²) in [6, 6.07) is 5.48. The van der Waals surface area contributed by atoms with Crippen LogP contribution in [0.5, 0.6) is 17.2 Å². The predicted octanol–water partition coefficient (Wildman–Crippen LogP) is 1.45. The second-order valence-electron chi connectivity index (χ2n) is 4.27. The first-order valence-corrected chi connectivity index (χ1v) is 5.96. The lowest BCUT2D eigenvalue weighted by atomic mass is 10.1. The summed E-state index contributed by atoms with van der Waals surface area (Å²) in [7, 11) is 3.41. The van der Waals surface area contributed by atoms with E-state index in [1.165, 1.54) is 0 Å². The summed E-state index contributed by atoms with van der Waals surface area (Å²) in [6.45, 7) is 1.09. The van der Waals surface area contributed by atoms with Crippen LogP contribution in [0.1, 0.15) is 0 Å². The van der Waals surface area contributed by atoms with Crippen LogP contribution in [0.25, 0.3) is 11.3 Å². The molecule has 2 heterocycles. The second-order valence-corrected chi connectivity index (χ2v) is 4.27. The molecule has 0 radical (unpaired) electrons. The van der Waals surface area contributed by atoms with Crippen LogP contribution >= 0.6 is 0 Å². The van der Waals surface area contributed by atoms with Crippen LogP contribution < -0.4 is 19.9 Å². The topological polar surface area (TPSA) is 71.5 Å². The highest BCUT2D eigenvalue weighted by Crippen LogP contribution is 2.41. The van der Waals surface area contributed by atoms with Gasteiger partial charge in [-0.2, -0.15) is 5.10 Å². The molecule has 0 saturated heterocycles. The zero-order chi connectivity index (χ0) is 13.4. The number of anilines is 1. The van der Waals surface area contributed by atoms with E-state index < -0.39 is 0 Å². The fourth-order valence-corrected chi connectivity index (χ4v) is 2.05. The molecule has 6 heteroatoms. The van der Waals surface area contributed by atoms with Gasteiger partial charge in [0.25, 0.3) is 0 Å². The Kier molecular flexibility index (Phi) is 2.70. The van der Waals surface area contributed by atoms with Gasteiger partial charge in [0.1, 0.15) is 24.8 Å². The third-order valence-corrected chi connectivity index (χ3v) is 3.06. The van der Waals surface area contributed by atoms with Crippen molar-refractivity contribution in [3.63, 3.8) is 0 Å². The lowest BCUT2D eigenvalue weighted by Crippen LogP contribution is -2.15. The molecule has 1 aromatic carbocycles. The Morgan fingerprint density at radius 3 is 2.47 bits per heavy atom. The van der Waals surface area contributed by atoms with Crippen LogP contribution in [0.15, 0.2) is 18.2 Å². The molecular weight excluding hydrogens is 246 g/mol. The molecule has 3 rings (SSSR count). The van der Waals surface area contributed by atoms with Crippen molar-refractivity contribution in [2.24, 2.45) is 7.05 Å². The molecular formula is C13H15N3O3. The van der Waals surface area contributed by atoms with Crippen molar-refractivity contribution >= 4 is 5.82 Å². The minimum absolute atomic E-state index is 0.545. The van der Waals surface area contributed by atoms with Gasteiger partial charge < -0.3 is 19.9 Å². The van der Waals surface area contributed by atoms with Crippen LogP contribution in [0, 0.1) is 0 Å². The number of nitrogens with zero attached hydrogens (tertiary/aromatic N) is 2. The molecule has 2 N–H and O–H groups in total. The van der Waals surface area contributed by atoms with Gasteiger partial charge in [-0.15, -0.1) is 0 Å². The molecule has 0 spiro atoms. The Morgan fingerprint density at radius 1 is 1.21 bits per heavy atom. The quantitative estimate of drug-likeness (QED) is 0.885. The van der Waals surface area contributed by atoms with E-state index in [0.717, 1.165) is 11.3 Å². The first kappa shape index (κ1) is 11.7. The number of aromatic nitrogens is 2. The van der Waals surface area contributed by atoms with Crippen LogP contribution in [0.3, 0.4) is 0 Å². The standard InChI is InChI=1S/C13H15N3O3/c1-16-13(14)6-9(15-16)8-5-11-12(7-10(8)17-2)19-4-3-18-11/h5-7H,3-4,14H2,1-2H3. The summed E-state index contributed by atoms with van der Waals surface area (Å²) in [6.07, 6.45) is 0. The molecule has 0 fully saturated rings. The molecule has 1 aliphatic heterocycles. The van der Waals surface area contributed by atoms with Gasteiger partial charge in [0, 0.05) is 24.7 Å². The maximum Gasteiger partial charge on any atom is 0.165 e.